The number of nitrogens with one attached hydrogen (secondary N) is 1. The summed E-state index contributed by atoms with van der Waals surface area (Å²) in [5.41, 5.74) is 5.53. The van der Waals surface area contributed by atoms with E-state index in [-0.39, 0.29) is 17.1 Å². The Balaban J connectivity index is 2.09. The van der Waals surface area contributed by atoms with Crippen LogP contribution in [0.2, 0.25) is 0 Å². The van der Waals surface area contributed by atoms with Gasteiger partial charge in [-0.2, -0.15) is 0 Å². The van der Waals surface area contributed by atoms with Gasteiger partial charge in [-0.3, -0.25) is 0 Å². The lowest BCUT2D eigenvalue weighted by Crippen LogP contribution is -2.49. The summed E-state index contributed by atoms with van der Waals surface area (Å²) in [5.74, 6) is 0.843. The van der Waals surface area contributed by atoms with E-state index >= 15 is 0 Å². The number of sulfonamides is 1. The largest absolute Gasteiger partial charge is 0.449 e. The molecule has 6 heteroatoms. The maximum absolute atomic E-state index is 11.9. The van der Waals surface area contributed by atoms with Crippen LogP contribution in [-0.2, 0) is 10.0 Å². The lowest BCUT2D eigenvalue weighted by atomic mass is 9.80. The quantitative estimate of drug-likeness (QED) is 0.812. The van der Waals surface area contributed by atoms with E-state index in [4.69, 9.17) is 10.2 Å². The molecule has 2 atom stereocenters. The zero-order valence-electron chi connectivity index (χ0n) is 9.14. The van der Waals surface area contributed by atoms with Crippen molar-refractivity contribution in [2.75, 3.05) is 6.54 Å². The van der Waals surface area contributed by atoms with Gasteiger partial charge in [0, 0.05) is 6.04 Å². The first kappa shape index (κ1) is 11.6. The van der Waals surface area contributed by atoms with Gasteiger partial charge in [0.05, 0.1) is 0 Å². The lowest BCUT2D eigenvalue weighted by Gasteiger charge is -2.35. The Morgan fingerprint density at radius 1 is 1.50 bits per heavy atom. The van der Waals surface area contributed by atoms with Gasteiger partial charge in [0.15, 0.2) is 0 Å². The van der Waals surface area contributed by atoms with Gasteiger partial charge in [-0.05, 0) is 44.4 Å². The summed E-state index contributed by atoms with van der Waals surface area (Å²) in [6.07, 6.45) is 1.83. The highest BCUT2D eigenvalue weighted by Crippen LogP contribution is 2.28. The Kier molecular flexibility index (Phi) is 3.05. The maximum Gasteiger partial charge on any atom is 0.274 e. The molecule has 1 aromatic rings. The van der Waals surface area contributed by atoms with Crippen molar-refractivity contribution in [2.24, 2.45) is 11.7 Å². The van der Waals surface area contributed by atoms with Gasteiger partial charge in [0.1, 0.15) is 5.76 Å². The second kappa shape index (κ2) is 4.20. The number of hydrogen-bond donors (Lipinski definition) is 2. The minimum atomic E-state index is -3.51. The van der Waals surface area contributed by atoms with Crippen LogP contribution in [0, 0.1) is 12.8 Å². The summed E-state index contributed by atoms with van der Waals surface area (Å²) in [7, 11) is -3.51. The average molecular weight is 244 g/mol. The zero-order chi connectivity index (χ0) is 11.8. The molecule has 5 nitrogen and oxygen atoms in total. The smallest absolute Gasteiger partial charge is 0.274 e. The second-order valence-electron chi connectivity index (χ2n) is 4.17. The van der Waals surface area contributed by atoms with Crippen molar-refractivity contribution in [3.8, 4) is 0 Å². The van der Waals surface area contributed by atoms with Crippen LogP contribution in [0.15, 0.2) is 21.6 Å². The molecule has 1 heterocycles. The van der Waals surface area contributed by atoms with Crippen LogP contribution in [0.1, 0.15) is 18.6 Å². The first-order chi connectivity index (χ1) is 7.53. The molecule has 90 valence electrons. The van der Waals surface area contributed by atoms with Crippen LogP contribution < -0.4 is 10.5 Å². The van der Waals surface area contributed by atoms with E-state index in [0.717, 1.165) is 12.8 Å². The molecule has 1 aliphatic rings. The van der Waals surface area contributed by atoms with Gasteiger partial charge >= 0.3 is 0 Å². The first-order valence-corrected chi connectivity index (χ1v) is 6.80. The lowest BCUT2D eigenvalue weighted by molar-refractivity contribution is 0.244. The summed E-state index contributed by atoms with van der Waals surface area (Å²) in [6.45, 7) is 2.23. The molecule has 16 heavy (non-hydrogen) atoms. The van der Waals surface area contributed by atoms with E-state index in [1.54, 1.807) is 13.0 Å². The van der Waals surface area contributed by atoms with E-state index in [1.807, 2.05) is 0 Å². The molecule has 1 aromatic heterocycles. The van der Waals surface area contributed by atoms with Crippen molar-refractivity contribution in [1.29, 1.82) is 0 Å². The SMILES string of the molecule is Cc1ccc(S(=O)(=O)N[C@@H]2CC[C@H]2CN)o1. The number of aryl methyl sites for hydroxylation is 1. The fourth-order valence-corrected chi connectivity index (χ4v) is 3.13. The van der Waals surface area contributed by atoms with Crippen LogP contribution in [-0.4, -0.2) is 21.0 Å². The fourth-order valence-electron chi connectivity index (χ4n) is 1.82. The molecule has 2 rings (SSSR count). The molecule has 1 saturated carbocycles. The second-order valence-corrected chi connectivity index (χ2v) is 5.81. The van der Waals surface area contributed by atoms with Gasteiger partial charge < -0.3 is 10.2 Å². The Morgan fingerprint density at radius 3 is 2.69 bits per heavy atom. The third-order valence-corrected chi connectivity index (χ3v) is 4.37. The standard InChI is InChI=1S/C10H16N2O3S/c1-7-2-5-10(15-7)16(13,14)12-9-4-3-8(9)6-11/h2,5,8-9,12H,3-4,6,11H2,1H3/t8-,9+/m0/s1. The molecule has 1 fully saturated rings. The van der Waals surface area contributed by atoms with Crippen LogP contribution in [0.25, 0.3) is 0 Å². The maximum atomic E-state index is 11.9. The van der Waals surface area contributed by atoms with Gasteiger partial charge in [-0.15, -0.1) is 0 Å². The van der Waals surface area contributed by atoms with Crippen molar-refractivity contribution in [3.63, 3.8) is 0 Å². The van der Waals surface area contributed by atoms with Crippen molar-refractivity contribution < 1.29 is 12.8 Å². The van der Waals surface area contributed by atoms with Gasteiger partial charge in [0.2, 0.25) is 5.09 Å². The molecule has 0 bridgehead atoms. The van der Waals surface area contributed by atoms with E-state index in [2.05, 4.69) is 4.72 Å². The predicted octanol–water partition coefficient (Wildman–Crippen LogP) is 0.604. The number of hydrogen-bond acceptors (Lipinski definition) is 4. The molecule has 0 spiro atoms. The number of furan rings is 1. The molecule has 3 N–H and O–H groups in total. The van der Waals surface area contributed by atoms with E-state index in [9.17, 15) is 8.42 Å². The molecule has 0 radical (unpaired) electrons. The summed E-state index contributed by atoms with van der Waals surface area (Å²) in [4.78, 5) is 0. The third-order valence-electron chi connectivity index (χ3n) is 3.01. The highest BCUT2D eigenvalue weighted by molar-refractivity contribution is 7.89. The summed E-state index contributed by atoms with van der Waals surface area (Å²) < 4.78 is 31.5. The first-order valence-electron chi connectivity index (χ1n) is 5.32. The van der Waals surface area contributed by atoms with Crippen molar-refractivity contribution >= 4 is 10.0 Å². The Labute approximate surface area is 95.1 Å². The van der Waals surface area contributed by atoms with Gasteiger partial charge in [0.25, 0.3) is 10.0 Å². The summed E-state index contributed by atoms with van der Waals surface area (Å²) in [6, 6.07) is 3.06. The Morgan fingerprint density at radius 2 is 2.25 bits per heavy atom. The monoisotopic (exact) mass is 244 g/mol. The summed E-state index contributed by atoms with van der Waals surface area (Å²) in [5, 5.41) is -0.0207. The Bertz CT molecular complexity index is 464. The van der Waals surface area contributed by atoms with Crippen molar-refractivity contribution in [1.82, 2.24) is 4.72 Å². The van der Waals surface area contributed by atoms with Crippen molar-refractivity contribution in [2.45, 2.75) is 30.9 Å². The minimum absolute atomic E-state index is 0.0207. The molecule has 0 aliphatic heterocycles. The van der Waals surface area contributed by atoms with Gasteiger partial charge in [-0.25, -0.2) is 13.1 Å². The highest BCUT2D eigenvalue weighted by Gasteiger charge is 2.34. The normalized spacial score (nSPS) is 25.4. The van der Waals surface area contributed by atoms with Gasteiger partial charge in [-0.1, -0.05) is 0 Å². The fraction of sp³-hybridized carbons (Fsp3) is 0.600. The topological polar surface area (TPSA) is 85.3 Å². The minimum Gasteiger partial charge on any atom is -0.449 e. The number of nitrogens with two attached hydrogens (primary N) is 1. The molecular weight excluding hydrogens is 228 g/mol. The molecule has 0 unspecified atom stereocenters. The molecular formula is C10H16N2O3S. The molecule has 0 saturated heterocycles. The zero-order valence-corrected chi connectivity index (χ0v) is 9.96. The van der Waals surface area contributed by atoms with Crippen molar-refractivity contribution in [3.05, 3.63) is 17.9 Å². The van der Waals surface area contributed by atoms with Crippen LogP contribution in [0.3, 0.4) is 0 Å². The molecule has 0 aromatic carbocycles. The molecule has 1 aliphatic carbocycles. The third kappa shape index (κ3) is 2.14. The van der Waals surface area contributed by atoms with Crippen LogP contribution in [0.5, 0.6) is 0 Å². The predicted molar refractivity (Wildman–Crippen MR) is 59.3 cm³/mol. The van der Waals surface area contributed by atoms with E-state index < -0.39 is 10.0 Å². The number of rotatable bonds is 4. The Hall–Kier alpha value is -0.850. The average Bonchev–Trinajstić information content (AvgIpc) is 2.61. The van der Waals surface area contributed by atoms with E-state index in [1.165, 1.54) is 6.07 Å². The van der Waals surface area contributed by atoms with E-state index in [0.29, 0.717) is 12.3 Å². The van der Waals surface area contributed by atoms with Crippen LogP contribution in [0.4, 0.5) is 0 Å². The molecule has 0 amide bonds. The summed E-state index contributed by atoms with van der Waals surface area (Å²) >= 11 is 0. The highest BCUT2D eigenvalue weighted by atomic mass is 32.2. The van der Waals surface area contributed by atoms with Crippen LogP contribution >= 0.6 is 0 Å².